The minimum Gasteiger partial charge on any atom is -0.367 e. The maximum absolute atomic E-state index is 12.7. The SMILES string of the molecule is Cn1c(N2CCOC(C(=O)Cc3ccccc3)C2)nc(-c2ccncc2)cc1=O. The van der Waals surface area contributed by atoms with E-state index in [1.165, 1.54) is 10.6 Å². The van der Waals surface area contributed by atoms with Crippen LogP contribution in [0.25, 0.3) is 11.3 Å². The summed E-state index contributed by atoms with van der Waals surface area (Å²) in [6.07, 6.45) is 3.11. The number of anilines is 1. The van der Waals surface area contributed by atoms with E-state index >= 15 is 0 Å². The molecule has 1 atom stereocenters. The van der Waals surface area contributed by atoms with E-state index < -0.39 is 6.10 Å². The fourth-order valence-electron chi connectivity index (χ4n) is 3.42. The van der Waals surface area contributed by atoms with Crippen LogP contribution in [0.3, 0.4) is 0 Å². The smallest absolute Gasteiger partial charge is 0.255 e. The predicted molar refractivity (Wildman–Crippen MR) is 110 cm³/mol. The summed E-state index contributed by atoms with van der Waals surface area (Å²) in [7, 11) is 1.69. The van der Waals surface area contributed by atoms with Crippen LogP contribution in [0.15, 0.2) is 65.7 Å². The van der Waals surface area contributed by atoms with Crippen molar-refractivity contribution in [1.29, 1.82) is 0 Å². The van der Waals surface area contributed by atoms with Crippen LogP contribution in [-0.2, 0) is 23.0 Å². The van der Waals surface area contributed by atoms with Crippen molar-refractivity contribution < 1.29 is 9.53 Å². The molecule has 0 N–H and O–H groups in total. The van der Waals surface area contributed by atoms with E-state index in [0.717, 1.165) is 11.1 Å². The van der Waals surface area contributed by atoms with Gasteiger partial charge >= 0.3 is 0 Å². The molecule has 7 nitrogen and oxygen atoms in total. The van der Waals surface area contributed by atoms with E-state index in [9.17, 15) is 9.59 Å². The van der Waals surface area contributed by atoms with Crippen LogP contribution in [0.5, 0.6) is 0 Å². The maximum Gasteiger partial charge on any atom is 0.255 e. The van der Waals surface area contributed by atoms with Crippen LogP contribution in [0.4, 0.5) is 5.95 Å². The molecule has 3 aromatic rings. The number of aromatic nitrogens is 3. The average molecular weight is 390 g/mol. The second-order valence-corrected chi connectivity index (χ2v) is 7.01. The van der Waals surface area contributed by atoms with Crippen molar-refractivity contribution >= 4 is 11.7 Å². The van der Waals surface area contributed by atoms with Gasteiger partial charge in [-0.3, -0.25) is 19.1 Å². The van der Waals surface area contributed by atoms with Gasteiger partial charge in [-0.15, -0.1) is 0 Å². The summed E-state index contributed by atoms with van der Waals surface area (Å²) in [5.74, 6) is 0.557. The first-order chi connectivity index (χ1) is 14.1. The molecule has 4 rings (SSSR count). The number of benzene rings is 1. The highest BCUT2D eigenvalue weighted by atomic mass is 16.5. The molecule has 1 saturated heterocycles. The average Bonchev–Trinajstić information content (AvgIpc) is 2.77. The highest BCUT2D eigenvalue weighted by Gasteiger charge is 2.28. The molecule has 1 aromatic carbocycles. The summed E-state index contributed by atoms with van der Waals surface area (Å²) in [5, 5.41) is 0. The first-order valence-corrected chi connectivity index (χ1v) is 9.53. The zero-order chi connectivity index (χ0) is 20.2. The Kier molecular flexibility index (Phi) is 5.48. The van der Waals surface area contributed by atoms with Gasteiger partial charge in [0.15, 0.2) is 5.78 Å². The van der Waals surface area contributed by atoms with Gasteiger partial charge in [0.1, 0.15) is 6.10 Å². The van der Waals surface area contributed by atoms with Crippen LogP contribution in [-0.4, -0.2) is 46.1 Å². The third kappa shape index (κ3) is 4.25. The van der Waals surface area contributed by atoms with Crippen molar-refractivity contribution in [2.75, 3.05) is 24.6 Å². The number of Topliss-reactive ketones (excluding diaryl/α,β-unsaturated/α-hetero) is 1. The van der Waals surface area contributed by atoms with Gasteiger partial charge in [0, 0.05) is 44.0 Å². The van der Waals surface area contributed by atoms with Crippen molar-refractivity contribution in [3.8, 4) is 11.3 Å². The normalized spacial score (nSPS) is 16.6. The van der Waals surface area contributed by atoms with Crippen molar-refractivity contribution in [2.45, 2.75) is 12.5 Å². The van der Waals surface area contributed by atoms with Gasteiger partial charge < -0.3 is 9.64 Å². The molecule has 1 fully saturated rings. The van der Waals surface area contributed by atoms with E-state index in [0.29, 0.717) is 37.8 Å². The number of carbonyl (C=O) groups is 1. The Morgan fingerprint density at radius 3 is 2.69 bits per heavy atom. The van der Waals surface area contributed by atoms with Crippen LogP contribution in [0.2, 0.25) is 0 Å². The van der Waals surface area contributed by atoms with Crippen molar-refractivity contribution in [1.82, 2.24) is 14.5 Å². The Hall–Kier alpha value is -3.32. The molecule has 1 aliphatic rings. The molecule has 1 aliphatic heterocycles. The molecule has 3 heterocycles. The minimum atomic E-state index is -0.551. The Morgan fingerprint density at radius 1 is 1.17 bits per heavy atom. The number of nitrogens with zero attached hydrogens (tertiary/aromatic N) is 4. The van der Waals surface area contributed by atoms with Crippen LogP contribution >= 0.6 is 0 Å². The Bertz CT molecular complexity index is 1050. The molecule has 2 aromatic heterocycles. The second kappa shape index (κ2) is 8.36. The van der Waals surface area contributed by atoms with Crippen LogP contribution in [0.1, 0.15) is 5.56 Å². The van der Waals surface area contributed by atoms with Gasteiger partial charge in [0.2, 0.25) is 5.95 Å². The van der Waals surface area contributed by atoms with Gasteiger partial charge in [-0.2, -0.15) is 0 Å². The molecular weight excluding hydrogens is 368 g/mol. The third-order valence-electron chi connectivity index (χ3n) is 5.02. The number of carbonyl (C=O) groups excluding carboxylic acids is 1. The number of morpholine rings is 1. The molecule has 0 bridgehead atoms. The quantitative estimate of drug-likeness (QED) is 0.662. The highest BCUT2D eigenvalue weighted by Crippen LogP contribution is 2.20. The molecule has 7 heteroatoms. The number of hydrogen-bond acceptors (Lipinski definition) is 6. The zero-order valence-electron chi connectivity index (χ0n) is 16.2. The number of rotatable bonds is 5. The zero-order valence-corrected chi connectivity index (χ0v) is 16.2. The van der Waals surface area contributed by atoms with Gasteiger partial charge in [-0.05, 0) is 17.7 Å². The van der Waals surface area contributed by atoms with Gasteiger partial charge in [0.05, 0.1) is 18.8 Å². The first kappa shape index (κ1) is 19.0. The summed E-state index contributed by atoms with van der Waals surface area (Å²) in [4.78, 5) is 35.9. The molecule has 0 amide bonds. The minimum absolute atomic E-state index is 0.0242. The van der Waals surface area contributed by atoms with E-state index in [2.05, 4.69) is 4.98 Å². The second-order valence-electron chi connectivity index (χ2n) is 7.01. The summed E-state index contributed by atoms with van der Waals surface area (Å²) >= 11 is 0. The van der Waals surface area contributed by atoms with Crippen molar-refractivity contribution in [2.24, 2.45) is 7.05 Å². The van der Waals surface area contributed by atoms with E-state index in [4.69, 9.17) is 9.72 Å². The molecule has 148 valence electrons. The number of hydrogen-bond donors (Lipinski definition) is 0. The highest BCUT2D eigenvalue weighted by molar-refractivity contribution is 5.86. The van der Waals surface area contributed by atoms with E-state index in [-0.39, 0.29) is 11.3 Å². The fraction of sp³-hybridized carbons (Fsp3) is 0.273. The van der Waals surface area contributed by atoms with Gasteiger partial charge in [0.25, 0.3) is 5.56 Å². The Balaban J connectivity index is 1.57. The van der Waals surface area contributed by atoms with Crippen molar-refractivity contribution in [3.63, 3.8) is 0 Å². The van der Waals surface area contributed by atoms with Gasteiger partial charge in [-0.1, -0.05) is 30.3 Å². The summed E-state index contributed by atoms with van der Waals surface area (Å²) in [6, 6.07) is 14.8. The Labute approximate surface area is 168 Å². The van der Waals surface area contributed by atoms with Gasteiger partial charge in [-0.25, -0.2) is 4.98 Å². The summed E-state index contributed by atoms with van der Waals surface area (Å²) < 4.78 is 7.24. The fourth-order valence-corrected chi connectivity index (χ4v) is 3.42. The van der Waals surface area contributed by atoms with E-state index in [1.807, 2.05) is 47.4 Å². The lowest BCUT2D eigenvalue weighted by Gasteiger charge is -2.33. The molecule has 0 spiro atoms. The third-order valence-corrected chi connectivity index (χ3v) is 5.02. The molecule has 0 saturated carbocycles. The van der Waals surface area contributed by atoms with Crippen molar-refractivity contribution in [3.05, 3.63) is 76.8 Å². The molecule has 0 aliphatic carbocycles. The number of ether oxygens (including phenoxy) is 1. The van der Waals surface area contributed by atoms with Crippen LogP contribution in [0, 0.1) is 0 Å². The molecular formula is C22H22N4O3. The Morgan fingerprint density at radius 2 is 1.93 bits per heavy atom. The number of ketones is 1. The largest absolute Gasteiger partial charge is 0.367 e. The summed E-state index contributed by atoms with van der Waals surface area (Å²) in [6.45, 7) is 1.33. The lowest BCUT2D eigenvalue weighted by Crippen LogP contribution is -2.48. The van der Waals surface area contributed by atoms with Crippen LogP contribution < -0.4 is 10.5 Å². The standard InChI is InChI=1S/C22H22N4O3/c1-25-21(28)14-18(17-7-9-23-10-8-17)24-22(25)26-11-12-29-20(15-26)19(27)13-16-5-3-2-4-6-16/h2-10,14,20H,11-13,15H2,1H3. The predicted octanol–water partition coefficient (Wildman–Crippen LogP) is 1.86. The first-order valence-electron chi connectivity index (χ1n) is 9.53. The topological polar surface area (TPSA) is 77.3 Å². The molecule has 0 radical (unpaired) electrons. The molecule has 1 unspecified atom stereocenters. The maximum atomic E-state index is 12.7. The lowest BCUT2D eigenvalue weighted by atomic mass is 10.0. The van der Waals surface area contributed by atoms with E-state index in [1.54, 1.807) is 19.4 Å². The summed E-state index contributed by atoms with van der Waals surface area (Å²) in [5.41, 5.74) is 2.22. The molecule has 29 heavy (non-hydrogen) atoms. The monoisotopic (exact) mass is 390 g/mol. The number of pyridine rings is 1. The lowest BCUT2D eigenvalue weighted by molar-refractivity contribution is -0.130.